The third kappa shape index (κ3) is 2.90. The molecule has 1 saturated heterocycles. The average Bonchev–Trinajstić information content (AvgIpc) is 2.72. The van der Waals surface area contributed by atoms with Crippen LogP contribution in [0.15, 0.2) is 28.7 Å². The molecule has 1 aromatic carbocycles. The zero-order valence-corrected chi connectivity index (χ0v) is 12.2. The van der Waals surface area contributed by atoms with Crippen LogP contribution in [0.2, 0.25) is 0 Å². The summed E-state index contributed by atoms with van der Waals surface area (Å²) in [6.07, 6.45) is 1.30. The molecule has 0 radical (unpaired) electrons. The van der Waals surface area contributed by atoms with Crippen LogP contribution >= 0.6 is 15.9 Å². The molecule has 1 aromatic rings. The van der Waals surface area contributed by atoms with Crippen LogP contribution in [0.25, 0.3) is 0 Å². The van der Waals surface area contributed by atoms with Crippen LogP contribution in [-0.4, -0.2) is 31.6 Å². The number of halogens is 1. The molecule has 0 saturated carbocycles. The fraction of sp³-hybridized carbons (Fsp3) is 0.571. The molecule has 2 atom stereocenters. The van der Waals surface area contributed by atoms with Crippen molar-refractivity contribution in [2.75, 3.05) is 26.7 Å². The van der Waals surface area contributed by atoms with Gasteiger partial charge in [-0.2, -0.15) is 0 Å². The number of benzene rings is 1. The van der Waals surface area contributed by atoms with Crippen LogP contribution in [0.5, 0.6) is 0 Å². The SMILES string of the molecule is CCN1CCC(CNC)C1c1cccc(Br)c1. The van der Waals surface area contributed by atoms with Gasteiger partial charge in [-0.3, -0.25) is 4.90 Å². The number of likely N-dealkylation sites (tertiary alicyclic amines) is 1. The van der Waals surface area contributed by atoms with Crippen molar-refractivity contribution in [3.05, 3.63) is 34.3 Å². The second-order valence-corrected chi connectivity index (χ2v) is 5.65. The molecule has 1 aliphatic rings. The molecule has 0 amide bonds. The highest BCUT2D eigenvalue weighted by atomic mass is 79.9. The molecule has 1 N–H and O–H groups in total. The summed E-state index contributed by atoms with van der Waals surface area (Å²) in [6.45, 7) is 5.72. The number of hydrogen-bond donors (Lipinski definition) is 1. The average molecular weight is 297 g/mol. The van der Waals surface area contributed by atoms with Crippen LogP contribution in [0, 0.1) is 5.92 Å². The lowest BCUT2D eigenvalue weighted by atomic mass is 9.93. The first-order chi connectivity index (χ1) is 8.26. The molecule has 0 bridgehead atoms. The van der Waals surface area contributed by atoms with Gasteiger partial charge in [0.2, 0.25) is 0 Å². The maximum Gasteiger partial charge on any atom is 0.0389 e. The molecule has 2 unspecified atom stereocenters. The Balaban J connectivity index is 2.24. The van der Waals surface area contributed by atoms with Crippen LogP contribution in [0.4, 0.5) is 0 Å². The third-order valence-electron chi connectivity index (χ3n) is 3.69. The fourth-order valence-corrected chi connectivity index (χ4v) is 3.35. The van der Waals surface area contributed by atoms with E-state index in [1.54, 1.807) is 0 Å². The minimum Gasteiger partial charge on any atom is -0.319 e. The molecular weight excluding hydrogens is 276 g/mol. The lowest BCUT2D eigenvalue weighted by molar-refractivity contribution is 0.238. The first-order valence-electron chi connectivity index (χ1n) is 6.40. The Morgan fingerprint density at radius 2 is 2.29 bits per heavy atom. The Morgan fingerprint density at radius 1 is 1.47 bits per heavy atom. The molecule has 1 heterocycles. The summed E-state index contributed by atoms with van der Waals surface area (Å²) in [5.74, 6) is 0.731. The maximum atomic E-state index is 3.58. The Hall–Kier alpha value is -0.380. The molecule has 1 aliphatic heterocycles. The third-order valence-corrected chi connectivity index (χ3v) is 4.18. The molecule has 1 fully saturated rings. The molecule has 2 nitrogen and oxygen atoms in total. The van der Waals surface area contributed by atoms with E-state index in [0.717, 1.165) is 19.0 Å². The van der Waals surface area contributed by atoms with E-state index in [1.807, 2.05) is 7.05 Å². The van der Waals surface area contributed by atoms with Crippen molar-refractivity contribution in [3.8, 4) is 0 Å². The molecule has 0 aromatic heterocycles. The van der Waals surface area contributed by atoms with Crippen molar-refractivity contribution in [3.63, 3.8) is 0 Å². The first-order valence-corrected chi connectivity index (χ1v) is 7.19. The lowest BCUT2D eigenvalue weighted by Gasteiger charge is -2.27. The minimum atomic E-state index is 0.574. The second-order valence-electron chi connectivity index (χ2n) is 4.73. The summed E-state index contributed by atoms with van der Waals surface area (Å²) in [6, 6.07) is 9.34. The van der Waals surface area contributed by atoms with Crippen molar-refractivity contribution in [2.45, 2.75) is 19.4 Å². The van der Waals surface area contributed by atoms with Crippen molar-refractivity contribution < 1.29 is 0 Å². The highest BCUT2D eigenvalue weighted by Gasteiger charge is 2.33. The molecular formula is C14H21BrN2. The number of rotatable bonds is 4. The van der Waals surface area contributed by atoms with E-state index in [4.69, 9.17) is 0 Å². The van der Waals surface area contributed by atoms with Gasteiger partial charge in [-0.05, 0) is 56.7 Å². The first kappa shape index (κ1) is 13.1. The fourth-order valence-electron chi connectivity index (χ4n) is 2.93. The van der Waals surface area contributed by atoms with Gasteiger partial charge in [0.25, 0.3) is 0 Å². The molecule has 2 rings (SSSR count). The molecule has 3 heteroatoms. The lowest BCUT2D eigenvalue weighted by Crippen LogP contribution is -2.29. The number of nitrogens with zero attached hydrogens (tertiary/aromatic N) is 1. The van der Waals surface area contributed by atoms with E-state index in [-0.39, 0.29) is 0 Å². The quantitative estimate of drug-likeness (QED) is 0.919. The maximum absolute atomic E-state index is 3.58. The molecule has 17 heavy (non-hydrogen) atoms. The largest absolute Gasteiger partial charge is 0.319 e. The topological polar surface area (TPSA) is 15.3 Å². The van der Waals surface area contributed by atoms with E-state index in [2.05, 4.69) is 57.3 Å². The Morgan fingerprint density at radius 3 is 2.94 bits per heavy atom. The van der Waals surface area contributed by atoms with Gasteiger partial charge in [-0.1, -0.05) is 35.0 Å². The summed E-state index contributed by atoms with van der Waals surface area (Å²) in [4.78, 5) is 2.59. The summed E-state index contributed by atoms with van der Waals surface area (Å²) >= 11 is 3.58. The predicted molar refractivity (Wildman–Crippen MR) is 76.2 cm³/mol. The summed E-state index contributed by atoms with van der Waals surface area (Å²) < 4.78 is 1.18. The number of nitrogens with one attached hydrogen (secondary N) is 1. The van der Waals surface area contributed by atoms with Crippen molar-refractivity contribution >= 4 is 15.9 Å². The van der Waals surface area contributed by atoms with Gasteiger partial charge in [0.05, 0.1) is 0 Å². The second kappa shape index (κ2) is 5.98. The predicted octanol–water partition coefficient (Wildman–Crippen LogP) is 3.05. The van der Waals surface area contributed by atoms with Gasteiger partial charge in [0, 0.05) is 10.5 Å². The highest BCUT2D eigenvalue weighted by molar-refractivity contribution is 9.10. The van der Waals surface area contributed by atoms with Gasteiger partial charge in [-0.25, -0.2) is 0 Å². The van der Waals surface area contributed by atoms with E-state index < -0.39 is 0 Å². The van der Waals surface area contributed by atoms with Gasteiger partial charge in [0.15, 0.2) is 0 Å². The van der Waals surface area contributed by atoms with E-state index in [0.29, 0.717) is 6.04 Å². The Kier molecular flexibility index (Phi) is 4.60. The van der Waals surface area contributed by atoms with Gasteiger partial charge in [0.1, 0.15) is 0 Å². The van der Waals surface area contributed by atoms with E-state index >= 15 is 0 Å². The van der Waals surface area contributed by atoms with E-state index in [1.165, 1.54) is 23.0 Å². The summed E-state index contributed by atoms with van der Waals surface area (Å²) in [5, 5.41) is 3.33. The zero-order chi connectivity index (χ0) is 12.3. The van der Waals surface area contributed by atoms with Crippen molar-refractivity contribution in [1.82, 2.24) is 10.2 Å². The highest BCUT2D eigenvalue weighted by Crippen LogP contribution is 2.37. The Labute approximate surface area is 113 Å². The number of hydrogen-bond acceptors (Lipinski definition) is 2. The monoisotopic (exact) mass is 296 g/mol. The standard InChI is InChI=1S/C14H21BrN2/c1-3-17-8-7-12(10-16-2)14(17)11-5-4-6-13(15)9-11/h4-6,9,12,14,16H,3,7-8,10H2,1-2H3. The summed E-state index contributed by atoms with van der Waals surface area (Å²) in [5.41, 5.74) is 1.44. The molecule has 94 valence electrons. The van der Waals surface area contributed by atoms with E-state index in [9.17, 15) is 0 Å². The van der Waals surface area contributed by atoms with Crippen LogP contribution in [-0.2, 0) is 0 Å². The molecule has 0 aliphatic carbocycles. The van der Waals surface area contributed by atoms with Gasteiger partial charge >= 0.3 is 0 Å². The summed E-state index contributed by atoms with van der Waals surface area (Å²) in [7, 11) is 2.05. The van der Waals surface area contributed by atoms with Crippen LogP contribution < -0.4 is 5.32 Å². The van der Waals surface area contributed by atoms with Gasteiger partial charge in [-0.15, -0.1) is 0 Å². The zero-order valence-electron chi connectivity index (χ0n) is 10.6. The van der Waals surface area contributed by atoms with Gasteiger partial charge < -0.3 is 5.32 Å². The van der Waals surface area contributed by atoms with Crippen LogP contribution in [0.3, 0.4) is 0 Å². The van der Waals surface area contributed by atoms with Crippen molar-refractivity contribution in [2.24, 2.45) is 5.92 Å². The Bertz CT molecular complexity index is 367. The minimum absolute atomic E-state index is 0.574. The molecule has 0 spiro atoms. The van der Waals surface area contributed by atoms with Crippen LogP contribution in [0.1, 0.15) is 24.9 Å². The van der Waals surface area contributed by atoms with Crippen molar-refractivity contribution in [1.29, 1.82) is 0 Å². The smallest absolute Gasteiger partial charge is 0.0389 e. The normalized spacial score (nSPS) is 25.4.